The van der Waals surface area contributed by atoms with Crippen LogP contribution >= 0.6 is 0 Å². The van der Waals surface area contributed by atoms with E-state index in [1.54, 1.807) is 31.2 Å². The third kappa shape index (κ3) is 4.81. The molecular formula is C21H16FN3O4. The molecule has 0 aliphatic heterocycles. The van der Waals surface area contributed by atoms with Crippen molar-refractivity contribution in [3.63, 3.8) is 0 Å². The van der Waals surface area contributed by atoms with Crippen molar-refractivity contribution < 1.29 is 18.9 Å². The van der Waals surface area contributed by atoms with Crippen LogP contribution in [0.25, 0.3) is 0 Å². The molecule has 3 aromatic rings. The SMILES string of the molecule is Cc1ccc(C(=O)Nc2cccc(C(=O)Nc3cccc(F)c3)c2)cc1[N+](=O)[O-]. The summed E-state index contributed by atoms with van der Waals surface area (Å²) in [6, 6.07) is 15.8. The Balaban J connectivity index is 1.76. The Bertz CT molecular complexity index is 1110. The summed E-state index contributed by atoms with van der Waals surface area (Å²) >= 11 is 0. The number of hydrogen-bond acceptors (Lipinski definition) is 4. The monoisotopic (exact) mass is 393 g/mol. The fraction of sp³-hybridized carbons (Fsp3) is 0.0476. The van der Waals surface area contributed by atoms with Gasteiger partial charge in [0.2, 0.25) is 0 Å². The average Bonchev–Trinajstić information content (AvgIpc) is 2.68. The van der Waals surface area contributed by atoms with Crippen LogP contribution in [0, 0.1) is 22.9 Å². The molecule has 3 aromatic carbocycles. The summed E-state index contributed by atoms with van der Waals surface area (Å²) in [4.78, 5) is 35.3. The van der Waals surface area contributed by atoms with Crippen LogP contribution in [0.3, 0.4) is 0 Å². The molecule has 0 saturated carbocycles. The summed E-state index contributed by atoms with van der Waals surface area (Å²) in [6.07, 6.45) is 0. The lowest BCUT2D eigenvalue weighted by Crippen LogP contribution is -2.15. The summed E-state index contributed by atoms with van der Waals surface area (Å²) in [5.41, 5.74) is 1.31. The highest BCUT2D eigenvalue weighted by Gasteiger charge is 2.15. The molecule has 0 bridgehead atoms. The van der Waals surface area contributed by atoms with Gasteiger partial charge in [0.05, 0.1) is 4.92 Å². The minimum Gasteiger partial charge on any atom is -0.322 e. The smallest absolute Gasteiger partial charge is 0.273 e. The number of benzene rings is 3. The van der Waals surface area contributed by atoms with Gasteiger partial charge in [-0.3, -0.25) is 19.7 Å². The summed E-state index contributed by atoms with van der Waals surface area (Å²) in [5, 5.41) is 16.2. The first kappa shape index (κ1) is 19.7. The molecule has 0 atom stereocenters. The van der Waals surface area contributed by atoms with Crippen LogP contribution in [-0.4, -0.2) is 16.7 Å². The number of aryl methyl sites for hydroxylation is 1. The van der Waals surface area contributed by atoms with Gasteiger partial charge in [0.25, 0.3) is 17.5 Å². The standard InChI is InChI=1S/C21H16FN3O4/c1-13-8-9-15(11-19(13)25(28)29)21(27)23-17-6-2-4-14(10-17)20(26)24-18-7-3-5-16(22)12-18/h2-12H,1H3,(H,23,27)(H,24,26). The minimum absolute atomic E-state index is 0.122. The normalized spacial score (nSPS) is 10.3. The number of carbonyl (C=O) groups is 2. The largest absolute Gasteiger partial charge is 0.322 e. The van der Waals surface area contributed by atoms with E-state index in [2.05, 4.69) is 10.6 Å². The van der Waals surface area contributed by atoms with Gasteiger partial charge in [-0.1, -0.05) is 18.2 Å². The van der Waals surface area contributed by atoms with E-state index in [1.807, 2.05) is 0 Å². The van der Waals surface area contributed by atoms with Gasteiger partial charge in [0.15, 0.2) is 0 Å². The van der Waals surface area contributed by atoms with Crippen molar-refractivity contribution in [2.24, 2.45) is 0 Å². The third-order valence-electron chi connectivity index (χ3n) is 4.13. The van der Waals surface area contributed by atoms with Crippen LogP contribution in [0.1, 0.15) is 26.3 Å². The molecule has 0 aromatic heterocycles. The van der Waals surface area contributed by atoms with Gasteiger partial charge in [0.1, 0.15) is 5.82 Å². The van der Waals surface area contributed by atoms with Crippen molar-refractivity contribution in [3.8, 4) is 0 Å². The Hall–Kier alpha value is -4.07. The molecule has 0 heterocycles. The minimum atomic E-state index is -0.552. The second-order valence-corrected chi connectivity index (χ2v) is 6.26. The maximum atomic E-state index is 13.3. The van der Waals surface area contributed by atoms with Gasteiger partial charge in [-0.15, -0.1) is 0 Å². The Labute approximate surface area is 165 Å². The van der Waals surface area contributed by atoms with Gasteiger partial charge in [-0.25, -0.2) is 4.39 Å². The zero-order valence-electron chi connectivity index (χ0n) is 15.3. The van der Waals surface area contributed by atoms with Crippen molar-refractivity contribution in [1.82, 2.24) is 0 Å². The number of nitro groups is 1. The number of carbonyl (C=O) groups excluding carboxylic acids is 2. The number of halogens is 1. The van der Waals surface area contributed by atoms with E-state index in [1.165, 1.54) is 42.5 Å². The van der Waals surface area contributed by atoms with Gasteiger partial charge < -0.3 is 10.6 Å². The number of nitrogens with one attached hydrogen (secondary N) is 2. The molecule has 0 fully saturated rings. The second-order valence-electron chi connectivity index (χ2n) is 6.26. The summed E-state index contributed by atoms with van der Waals surface area (Å²) < 4.78 is 13.3. The molecule has 0 aliphatic carbocycles. The number of nitro benzene ring substituents is 1. The van der Waals surface area contributed by atoms with E-state index in [0.717, 1.165) is 0 Å². The predicted molar refractivity (Wildman–Crippen MR) is 107 cm³/mol. The van der Waals surface area contributed by atoms with Crippen LogP contribution in [0.5, 0.6) is 0 Å². The number of amides is 2. The van der Waals surface area contributed by atoms with Crippen molar-refractivity contribution in [3.05, 3.63) is 99.4 Å². The van der Waals surface area contributed by atoms with Crippen molar-refractivity contribution in [2.75, 3.05) is 10.6 Å². The second kappa shape index (κ2) is 8.30. The average molecular weight is 393 g/mol. The van der Waals surface area contributed by atoms with E-state index in [0.29, 0.717) is 16.9 Å². The van der Waals surface area contributed by atoms with Crippen LogP contribution in [0.2, 0.25) is 0 Å². The molecule has 146 valence electrons. The van der Waals surface area contributed by atoms with E-state index >= 15 is 0 Å². The Morgan fingerprint density at radius 2 is 1.45 bits per heavy atom. The van der Waals surface area contributed by atoms with E-state index < -0.39 is 22.6 Å². The molecule has 0 spiro atoms. The lowest BCUT2D eigenvalue weighted by Gasteiger charge is -2.09. The van der Waals surface area contributed by atoms with Crippen molar-refractivity contribution in [2.45, 2.75) is 6.92 Å². The van der Waals surface area contributed by atoms with Gasteiger partial charge in [-0.05, 0) is 49.4 Å². The Morgan fingerprint density at radius 1 is 0.862 bits per heavy atom. The van der Waals surface area contributed by atoms with Gasteiger partial charge >= 0.3 is 0 Å². The quantitative estimate of drug-likeness (QED) is 0.490. The third-order valence-corrected chi connectivity index (χ3v) is 4.13. The van der Waals surface area contributed by atoms with Crippen LogP contribution in [0.15, 0.2) is 66.7 Å². The zero-order valence-corrected chi connectivity index (χ0v) is 15.3. The van der Waals surface area contributed by atoms with Crippen LogP contribution in [0.4, 0.5) is 21.5 Å². The van der Waals surface area contributed by atoms with Gasteiger partial charge in [0, 0.05) is 34.1 Å². The fourth-order valence-electron chi connectivity index (χ4n) is 2.66. The van der Waals surface area contributed by atoms with Crippen LogP contribution < -0.4 is 10.6 Å². The summed E-state index contributed by atoms with van der Waals surface area (Å²) in [6.45, 7) is 1.58. The highest BCUT2D eigenvalue weighted by Crippen LogP contribution is 2.21. The number of nitrogens with zero attached hydrogens (tertiary/aromatic N) is 1. The maximum absolute atomic E-state index is 13.3. The Kier molecular flexibility index (Phi) is 5.64. The molecule has 2 N–H and O–H groups in total. The van der Waals surface area contributed by atoms with Crippen LogP contribution in [-0.2, 0) is 0 Å². The fourth-order valence-corrected chi connectivity index (χ4v) is 2.66. The maximum Gasteiger partial charge on any atom is 0.273 e. The molecular weight excluding hydrogens is 377 g/mol. The van der Waals surface area contributed by atoms with Gasteiger partial charge in [-0.2, -0.15) is 0 Å². The molecule has 0 unspecified atom stereocenters. The van der Waals surface area contributed by atoms with E-state index in [4.69, 9.17) is 0 Å². The van der Waals surface area contributed by atoms with Crippen molar-refractivity contribution in [1.29, 1.82) is 0 Å². The topological polar surface area (TPSA) is 101 Å². The first-order valence-corrected chi connectivity index (χ1v) is 8.57. The van der Waals surface area contributed by atoms with E-state index in [-0.39, 0.29) is 16.8 Å². The first-order valence-electron chi connectivity index (χ1n) is 8.57. The number of rotatable bonds is 5. The van der Waals surface area contributed by atoms with Crippen molar-refractivity contribution >= 4 is 28.9 Å². The number of anilines is 2. The molecule has 7 nitrogen and oxygen atoms in total. The summed E-state index contributed by atoms with van der Waals surface area (Å²) in [5.74, 6) is -1.50. The summed E-state index contributed by atoms with van der Waals surface area (Å²) in [7, 11) is 0. The number of hydrogen-bond donors (Lipinski definition) is 2. The molecule has 0 radical (unpaired) electrons. The molecule has 2 amide bonds. The van der Waals surface area contributed by atoms with E-state index in [9.17, 15) is 24.1 Å². The molecule has 8 heteroatoms. The highest BCUT2D eigenvalue weighted by atomic mass is 19.1. The molecule has 0 aliphatic rings. The molecule has 3 rings (SSSR count). The highest BCUT2D eigenvalue weighted by molar-refractivity contribution is 6.07. The molecule has 0 saturated heterocycles. The zero-order chi connectivity index (χ0) is 21.0. The first-order chi connectivity index (χ1) is 13.8. The Morgan fingerprint density at radius 3 is 2.07 bits per heavy atom. The predicted octanol–water partition coefficient (Wildman–Crippen LogP) is 4.55. The lowest BCUT2D eigenvalue weighted by molar-refractivity contribution is -0.385. The lowest BCUT2D eigenvalue weighted by atomic mass is 10.1. The molecule has 29 heavy (non-hydrogen) atoms.